The molecule has 0 aliphatic heterocycles. The topological polar surface area (TPSA) is 55.8 Å². The fourth-order valence-corrected chi connectivity index (χ4v) is 2.42. The molecule has 20 heavy (non-hydrogen) atoms. The first-order valence-electron chi connectivity index (χ1n) is 6.52. The van der Waals surface area contributed by atoms with Crippen LogP contribution in [0.5, 0.6) is 0 Å². The third kappa shape index (κ3) is 5.61. The summed E-state index contributed by atoms with van der Waals surface area (Å²) in [7, 11) is 1.67. The van der Waals surface area contributed by atoms with Gasteiger partial charge in [-0.05, 0) is 25.3 Å². The molecule has 1 aromatic heterocycles. The van der Waals surface area contributed by atoms with E-state index in [9.17, 15) is 9.59 Å². The molecule has 1 unspecified atom stereocenters. The SMILES string of the molecule is CC(=O)OC(CCN(C)C(=O)OC(C)C)c1cccs1. The van der Waals surface area contributed by atoms with Crippen LogP contribution >= 0.6 is 11.3 Å². The molecule has 0 N–H and O–H groups in total. The van der Waals surface area contributed by atoms with Crippen LogP contribution in [0.25, 0.3) is 0 Å². The van der Waals surface area contributed by atoms with E-state index in [1.54, 1.807) is 20.9 Å². The van der Waals surface area contributed by atoms with Crippen molar-refractivity contribution in [2.75, 3.05) is 13.6 Å². The molecule has 0 aliphatic carbocycles. The van der Waals surface area contributed by atoms with Gasteiger partial charge in [-0.2, -0.15) is 0 Å². The van der Waals surface area contributed by atoms with Gasteiger partial charge in [-0.15, -0.1) is 11.3 Å². The van der Waals surface area contributed by atoms with E-state index in [-0.39, 0.29) is 24.3 Å². The van der Waals surface area contributed by atoms with Crippen molar-refractivity contribution >= 4 is 23.4 Å². The summed E-state index contributed by atoms with van der Waals surface area (Å²) in [6.07, 6.45) is -0.287. The summed E-state index contributed by atoms with van der Waals surface area (Å²) in [5.74, 6) is -0.323. The Morgan fingerprint density at radius 1 is 1.35 bits per heavy atom. The van der Waals surface area contributed by atoms with Crippen LogP contribution in [0.15, 0.2) is 17.5 Å². The van der Waals surface area contributed by atoms with E-state index in [2.05, 4.69) is 0 Å². The lowest BCUT2D eigenvalue weighted by molar-refractivity contribution is -0.147. The standard InChI is InChI=1S/C14H21NO4S/c1-10(2)18-14(17)15(4)8-7-12(19-11(3)16)13-6-5-9-20-13/h5-6,9-10,12H,7-8H2,1-4H3. The summed E-state index contributed by atoms with van der Waals surface area (Å²) in [6, 6.07) is 3.83. The lowest BCUT2D eigenvalue weighted by atomic mass is 10.2. The minimum absolute atomic E-state index is 0.147. The number of esters is 1. The zero-order chi connectivity index (χ0) is 15.1. The van der Waals surface area contributed by atoms with E-state index >= 15 is 0 Å². The number of hydrogen-bond donors (Lipinski definition) is 0. The van der Waals surface area contributed by atoms with Gasteiger partial charge in [0.25, 0.3) is 0 Å². The number of carbonyl (C=O) groups is 2. The van der Waals surface area contributed by atoms with Crippen LogP contribution in [0.3, 0.4) is 0 Å². The van der Waals surface area contributed by atoms with E-state index < -0.39 is 0 Å². The molecule has 1 rings (SSSR count). The molecule has 1 amide bonds. The van der Waals surface area contributed by atoms with Gasteiger partial charge in [0, 0.05) is 31.8 Å². The maximum atomic E-state index is 11.7. The van der Waals surface area contributed by atoms with E-state index in [1.165, 1.54) is 23.2 Å². The largest absolute Gasteiger partial charge is 0.457 e. The summed E-state index contributed by atoms with van der Waals surface area (Å²) in [5, 5.41) is 1.93. The van der Waals surface area contributed by atoms with E-state index in [1.807, 2.05) is 17.5 Å². The molecule has 0 aromatic carbocycles. The highest BCUT2D eigenvalue weighted by Gasteiger charge is 2.19. The fourth-order valence-electron chi connectivity index (χ4n) is 1.63. The number of ether oxygens (including phenoxy) is 2. The zero-order valence-corrected chi connectivity index (χ0v) is 13.1. The van der Waals surface area contributed by atoms with Crippen LogP contribution in [-0.4, -0.2) is 36.7 Å². The molecule has 0 saturated heterocycles. The van der Waals surface area contributed by atoms with E-state index in [4.69, 9.17) is 9.47 Å². The Bertz CT molecular complexity index is 430. The number of amides is 1. The van der Waals surface area contributed by atoms with Gasteiger partial charge in [0.15, 0.2) is 0 Å². The second kappa shape index (κ2) is 7.89. The van der Waals surface area contributed by atoms with Crippen LogP contribution in [0.2, 0.25) is 0 Å². The Hall–Kier alpha value is -1.56. The van der Waals surface area contributed by atoms with Crippen molar-refractivity contribution in [3.8, 4) is 0 Å². The first kappa shape index (κ1) is 16.5. The quantitative estimate of drug-likeness (QED) is 0.757. The monoisotopic (exact) mass is 299 g/mol. The predicted octanol–water partition coefficient (Wildman–Crippen LogP) is 3.22. The second-order valence-electron chi connectivity index (χ2n) is 4.76. The highest BCUT2D eigenvalue weighted by atomic mass is 32.1. The van der Waals surface area contributed by atoms with Crippen LogP contribution < -0.4 is 0 Å². The summed E-state index contributed by atoms with van der Waals surface area (Å²) >= 11 is 1.53. The maximum Gasteiger partial charge on any atom is 0.409 e. The molecular formula is C14H21NO4S. The van der Waals surface area contributed by atoms with Gasteiger partial charge in [-0.1, -0.05) is 6.07 Å². The van der Waals surface area contributed by atoms with Crippen LogP contribution in [0, 0.1) is 0 Å². The average Bonchev–Trinajstić information content (AvgIpc) is 2.86. The lowest BCUT2D eigenvalue weighted by Crippen LogP contribution is -2.31. The van der Waals surface area contributed by atoms with Crippen LogP contribution in [0.4, 0.5) is 4.79 Å². The van der Waals surface area contributed by atoms with Gasteiger partial charge < -0.3 is 14.4 Å². The number of nitrogens with zero attached hydrogens (tertiary/aromatic N) is 1. The Morgan fingerprint density at radius 3 is 2.55 bits per heavy atom. The van der Waals surface area contributed by atoms with Gasteiger partial charge in [0.05, 0.1) is 6.10 Å². The minimum atomic E-state index is -0.368. The van der Waals surface area contributed by atoms with Crippen molar-refractivity contribution < 1.29 is 19.1 Å². The molecule has 1 atom stereocenters. The first-order valence-corrected chi connectivity index (χ1v) is 7.40. The fraction of sp³-hybridized carbons (Fsp3) is 0.571. The van der Waals surface area contributed by atoms with E-state index in [0.717, 1.165) is 4.88 Å². The average molecular weight is 299 g/mol. The molecule has 6 heteroatoms. The van der Waals surface area contributed by atoms with Crippen molar-refractivity contribution in [2.24, 2.45) is 0 Å². The molecule has 0 fully saturated rings. The molecule has 5 nitrogen and oxygen atoms in total. The van der Waals surface area contributed by atoms with Gasteiger partial charge >= 0.3 is 12.1 Å². The summed E-state index contributed by atoms with van der Waals surface area (Å²) < 4.78 is 10.4. The lowest BCUT2D eigenvalue weighted by Gasteiger charge is -2.21. The molecule has 0 radical (unpaired) electrons. The van der Waals surface area contributed by atoms with Crippen molar-refractivity contribution in [3.05, 3.63) is 22.4 Å². The minimum Gasteiger partial charge on any atom is -0.457 e. The highest BCUT2D eigenvalue weighted by Crippen LogP contribution is 2.26. The third-order valence-corrected chi connectivity index (χ3v) is 3.51. The molecule has 0 saturated carbocycles. The van der Waals surface area contributed by atoms with E-state index in [0.29, 0.717) is 13.0 Å². The Morgan fingerprint density at radius 2 is 2.05 bits per heavy atom. The second-order valence-corrected chi connectivity index (χ2v) is 5.74. The number of carbonyl (C=O) groups excluding carboxylic acids is 2. The molecule has 1 aromatic rings. The highest BCUT2D eigenvalue weighted by molar-refractivity contribution is 7.10. The Kier molecular flexibility index (Phi) is 6.51. The van der Waals surface area contributed by atoms with Gasteiger partial charge in [-0.3, -0.25) is 4.79 Å². The van der Waals surface area contributed by atoms with Crippen molar-refractivity contribution in [1.82, 2.24) is 4.90 Å². The number of hydrogen-bond acceptors (Lipinski definition) is 5. The zero-order valence-electron chi connectivity index (χ0n) is 12.3. The maximum absolute atomic E-state index is 11.7. The number of rotatable bonds is 6. The molecule has 0 aliphatic rings. The smallest absolute Gasteiger partial charge is 0.409 e. The summed E-state index contributed by atoms with van der Waals surface area (Å²) in [5.41, 5.74) is 0. The third-order valence-electron chi connectivity index (χ3n) is 2.54. The van der Waals surface area contributed by atoms with Crippen LogP contribution in [0.1, 0.15) is 38.2 Å². The Balaban J connectivity index is 2.54. The molecule has 0 bridgehead atoms. The van der Waals surface area contributed by atoms with Crippen molar-refractivity contribution in [1.29, 1.82) is 0 Å². The molecule has 0 spiro atoms. The van der Waals surface area contributed by atoms with Crippen molar-refractivity contribution in [2.45, 2.75) is 39.4 Å². The Labute approximate surface area is 123 Å². The number of thiophene rings is 1. The van der Waals surface area contributed by atoms with Gasteiger partial charge in [0.2, 0.25) is 0 Å². The van der Waals surface area contributed by atoms with Gasteiger partial charge in [0.1, 0.15) is 6.10 Å². The van der Waals surface area contributed by atoms with Crippen LogP contribution in [-0.2, 0) is 14.3 Å². The first-order chi connectivity index (χ1) is 9.40. The van der Waals surface area contributed by atoms with Gasteiger partial charge in [-0.25, -0.2) is 4.79 Å². The molecule has 1 heterocycles. The summed E-state index contributed by atoms with van der Waals surface area (Å²) in [4.78, 5) is 25.3. The van der Waals surface area contributed by atoms with Crippen molar-refractivity contribution in [3.63, 3.8) is 0 Å². The molecular weight excluding hydrogens is 278 g/mol. The molecule has 112 valence electrons. The summed E-state index contributed by atoms with van der Waals surface area (Å²) in [6.45, 7) is 5.46. The predicted molar refractivity (Wildman–Crippen MR) is 77.7 cm³/mol. The normalized spacial score (nSPS) is 12.1.